The molecule has 0 bridgehead atoms. The van der Waals surface area contributed by atoms with Crippen LogP contribution in [0.3, 0.4) is 0 Å². The number of benzene rings is 1. The fraction of sp³-hybridized carbons (Fsp3) is 0.462. The normalized spacial score (nSPS) is 16.8. The topological polar surface area (TPSA) is 49.6 Å². The number of hydrogen-bond acceptors (Lipinski definition) is 3. The monoisotopic (exact) mass is 233 g/mol. The highest BCUT2D eigenvalue weighted by Gasteiger charge is 2.17. The van der Waals surface area contributed by atoms with E-state index in [1.54, 1.807) is 0 Å². The Labute approximate surface area is 102 Å². The van der Waals surface area contributed by atoms with Crippen molar-refractivity contribution >= 4 is 11.6 Å². The van der Waals surface area contributed by atoms with Gasteiger partial charge in [-0.15, -0.1) is 0 Å². The third kappa shape index (κ3) is 2.97. The molecule has 0 radical (unpaired) electrons. The molecule has 0 aromatic heterocycles. The molecule has 1 saturated heterocycles. The zero-order chi connectivity index (χ0) is 12.1. The van der Waals surface area contributed by atoms with Crippen molar-refractivity contribution in [1.82, 2.24) is 4.90 Å². The number of para-hydroxylation sites is 1. The van der Waals surface area contributed by atoms with E-state index in [1.807, 2.05) is 23.1 Å². The maximum atomic E-state index is 11.5. The van der Waals surface area contributed by atoms with Gasteiger partial charge in [-0.3, -0.25) is 4.79 Å². The van der Waals surface area contributed by atoms with E-state index in [-0.39, 0.29) is 12.5 Å². The first-order chi connectivity index (χ1) is 8.31. The molecule has 17 heavy (non-hydrogen) atoms. The number of anilines is 1. The number of carbonyl (C=O) groups excluding carboxylic acids is 1. The van der Waals surface area contributed by atoms with Gasteiger partial charge in [-0.05, 0) is 18.6 Å². The van der Waals surface area contributed by atoms with Crippen LogP contribution in [-0.2, 0) is 4.79 Å². The van der Waals surface area contributed by atoms with Crippen LogP contribution in [0.25, 0.3) is 0 Å². The second-order valence-electron chi connectivity index (χ2n) is 4.26. The predicted octanol–water partition coefficient (Wildman–Crippen LogP) is 0.684. The zero-order valence-electron chi connectivity index (χ0n) is 10.0. The first-order valence-electron chi connectivity index (χ1n) is 6.09. The summed E-state index contributed by atoms with van der Waals surface area (Å²) in [6.07, 6.45) is 1.00. The maximum Gasteiger partial charge on any atom is 0.236 e. The maximum absolute atomic E-state index is 11.5. The van der Waals surface area contributed by atoms with Gasteiger partial charge in [-0.2, -0.15) is 0 Å². The molecule has 92 valence electrons. The van der Waals surface area contributed by atoms with Gasteiger partial charge >= 0.3 is 0 Å². The van der Waals surface area contributed by atoms with Gasteiger partial charge in [-0.1, -0.05) is 18.2 Å². The molecule has 1 aliphatic rings. The van der Waals surface area contributed by atoms with E-state index < -0.39 is 0 Å². The van der Waals surface area contributed by atoms with E-state index in [9.17, 15) is 4.79 Å². The molecule has 1 aliphatic heterocycles. The highest BCUT2D eigenvalue weighted by atomic mass is 16.2. The summed E-state index contributed by atoms with van der Waals surface area (Å²) in [5.41, 5.74) is 6.63. The fourth-order valence-corrected chi connectivity index (χ4v) is 2.19. The van der Waals surface area contributed by atoms with Gasteiger partial charge in [-0.25, -0.2) is 0 Å². The third-order valence-electron chi connectivity index (χ3n) is 3.14. The molecule has 1 aromatic rings. The molecular weight excluding hydrogens is 214 g/mol. The summed E-state index contributed by atoms with van der Waals surface area (Å²) in [5.74, 6) is 0.0555. The van der Waals surface area contributed by atoms with Crippen molar-refractivity contribution in [2.45, 2.75) is 6.42 Å². The van der Waals surface area contributed by atoms with Crippen LogP contribution in [0, 0.1) is 0 Å². The SMILES string of the molecule is NCC(=O)N1CCCN(c2ccccc2)CC1. The van der Waals surface area contributed by atoms with Gasteiger partial charge in [0.25, 0.3) is 0 Å². The van der Waals surface area contributed by atoms with Gasteiger partial charge in [0.15, 0.2) is 0 Å². The smallest absolute Gasteiger partial charge is 0.236 e. The lowest BCUT2D eigenvalue weighted by atomic mass is 10.3. The molecule has 4 heteroatoms. The van der Waals surface area contributed by atoms with E-state index in [0.29, 0.717) is 0 Å². The Morgan fingerprint density at radius 2 is 1.88 bits per heavy atom. The Balaban J connectivity index is 1.99. The minimum absolute atomic E-state index is 0.0555. The summed E-state index contributed by atoms with van der Waals surface area (Å²) in [7, 11) is 0. The van der Waals surface area contributed by atoms with Crippen molar-refractivity contribution in [1.29, 1.82) is 0 Å². The first kappa shape index (κ1) is 11.9. The van der Waals surface area contributed by atoms with Gasteiger partial charge < -0.3 is 15.5 Å². The van der Waals surface area contributed by atoms with Crippen LogP contribution in [0.1, 0.15) is 6.42 Å². The number of rotatable bonds is 2. The lowest BCUT2D eigenvalue weighted by molar-refractivity contribution is -0.129. The van der Waals surface area contributed by atoms with Crippen LogP contribution in [0.2, 0.25) is 0 Å². The summed E-state index contributed by atoms with van der Waals surface area (Å²) >= 11 is 0. The number of carbonyl (C=O) groups is 1. The molecule has 0 atom stereocenters. The Morgan fingerprint density at radius 3 is 2.59 bits per heavy atom. The van der Waals surface area contributed by atoms with Crippen molar-refractivity contribution in [2.24, 2.45) is 5.73 Å². The Hall–Kier alpha value is -1.55. The standard InChI is InChI=1S/C13H19N3O/c14-11-13(17)16-8-4-7-15(9-10-16)12-5-2-1-3-6-12/h1-3,5-6H,4,7-11,14H2. The van der Waals surface area contributed by atoms with E-state index in [1.165, 1.54) is 5.69 Å². The fourth-order valence-electron chi connectivity index (χ4n) is 2.19. The molecule has 4 nitrogen and oxygen atoms in total. The molecule has 0 saturated carbocycles. The summed E-state index contributed by atoms with van der Waals surface area (Å²) in [4.78, 5) is 15.7. The summed E-state index contributed by atoms with van der Waals surface area (Å²) < 4.78 is 0. The molecule has 1 amide bonds. The summed E-state index contributed by atoms with van der Waals surface area (Å²) in [6, 6.07) is 10.3. The Morgan fingerprint density at radius 1 is 1.12 bits per heavy atom. The Bertz CT molecular complexity index is 366. The van der Waals surface area contributed by atoms with Crippen LogP contribution < -0.4 is 10.6 Å². The molecule has 0 unspecified atom stereocenters. The van der Waals surface area contributed by atoms with Crippen molar-refractivity contribution in [3.63, 3.8) is 0 Å². The van der Waals surface area contributed by atoms with Gasteiger partial charge in [0.05, 0.1) is 6.54 Å². The average Bonchev–Trinajstić information content (AvgIpc) is 2.64. The number of hydrogen-bond donors (Lipinski definition) is 1. The second kappa shape index (κ2) is 5.68. The molecule has 2 N–H and O–H groups in total. The van der Waals surface area contributed by atoms with Crippen LogP contribution >= 0.6 is 0 Å². The largest absolute Gasteiger partial charge is 0.370 e. The van der Waals surface area contributed by atoms with Crippen LogP contribution in [0.15, 0.2) is 30.3 Å². The van der Waals surface area contributed by atoms with Crippen molar-refractivity contribution in [3.05, 3.63) is 30.3 Å². The highest BCUT2D eigenvalue weighted by Crippen LogP contribution is 2.15. The molecule has 0 aliphatic carbocycles. The van der Waals surface area contributed by atoms with E-state index in [0.717, 1.165) is 32.6 Å². The van der Waals surface area contributed by atoms with Gasteiger partial charge in [0.2, 0.25) is 5.91 Å². The predicted molar refractivity (Wildman–Crippen MR) is 68.9 cm³/mol. The molecule has 2 rings (SSSR count). The van der Waals surface area contributed by atoms with Crippen LogP contribution in [0.5, 0.6) is 0 Å². The lowest BCUT2D eigenvalue weighted by Gasteiger charge is -2.23. The second-order valence-corrected chi connectivity index (χ2v) is 4.26. The summed E-state index contributed by atoms with van der Waals surface area (Å²) in [5, 5.41) is 0. The average molecular weight is 233 g/mol. The lowest BCUT2D eigenvalue weighted by Crippen LogP contribution is -2.38. The highest BCUT2D eigenvalue weighted by molar-refractivity contribution is 5.78. The van der Waals surface area contributed by atoms with Gasteiger partial charge in [0, 0.05) is 31.9 Å². The Kier molecular flexibility index (Phi) is 3.98. The first-order valence-corrected chi connectivity index (χ1v) is 6.09. The molecular formula is C13H19N3O. The van der Waals surface area contributed by atoms with Crippen molar-refractivity contribution < 1.29 is 4.79 Å². The number of amides is 1. The third-order valence-corrected chi connectivity index (χ3v) is 3.14. The van der Waals surface area contributed by atoms with Crippen LogP contribution in [0.4, 0.5) is 5.69 Å². The molecule has 1 fully saturated rings. The minimum atomic E-state index is 0.0555. The summed E-state index contributed by atoms with van der Waals surface area (Å²) in [6.45, 7) is 3.59. The molecule has 1 heterocycles. The molecule has 0 spiro atoms. The van der Waals surface area contributed by atoms with Crippen molar-refractivity contribution in [3.8, 4) is 0 Å². The van der Waals surface area contributed by atoms with Crippen LogP contribution in [-0.4, -0.2) is 43.5 Å². The van der Waals surface area contributed by atoms with E-state index >= 15 is 0 Å². The molecule has 1 aromatic carbocycles. The van der Waals surface area contributed by atoms with E-state index in [2.05, 4.69) is 17.0 Å². The van der Waals surface area contributed by atoms with Gasteiger partial charge in [0.1, 0.15) is 0 Å². The van der Waals surface area contributed by atoms with Crippen molar-refractivity contribution in [2.75, 3.05) is 37.6 Å². The van der Waals surface area contributed by atoms with E-state index in [4.69, 9.17) is 5.73 Å². The number of nitrogens with two attached hydrogens (primary N) is 1. The zero-order valence-corrected chi connectivity index (χ0v) is 10.0. The minimum Gasteiger partial charge on any atom is -0.370 e. The number of nitrogens with zero attached hydrogens (tertiary/aromatic N) is 2. The quantitative estimate of drug-likeness (QED) is 0.817.